The number of hydrogen-bond donors (Lipinski definition) is 2. The molecule has 218 valence electrons. The molecule has 1 unspecified atom stereocenters. The van der Waals surface area contributed by atoms with Gasteiger partial charge in [0.05, 0.1) is 22.8 Å². The molecule has 2 aromatic heterocycles. The quantitative estimate of drug-likeness (QED) is 0.389. The minimum absolute atomic E-state index is 0.0883. The number of nitrogens with zero attached hydrogens (tertiary/aromatic N) is 5. The van der Waals surface area contributed by atoms with Gasteiger partial charge in [0.25, 0.3) is 5.91 Å². The van der Waals surface area contributed by atoms with E-state index in [1.807, 2.05) is 38.4 Å². The molecule has 5 rings (SSSR count). The Labute approximate surface area is 243 Å². The number of likely N-dealkylation sites (tertiary alicyclic amines) is 1. The van der Waals surface area contributed by atoms with Gasteiger partial charge in [-0.2, -0.15) is 5.10 Å². The summed E-state index contributed by atoms with van der Waals surface area (Å²) in [5.41, 5.74) is 5.72. The lowest BCUT2D eigenvalue weighted by atomic mass is 9.97. The lowest BCUT2D eigenvalue weighted by Gasteiger charge is -2.24. The maximum absolute atomic E-state index is 13.5. The fourth-order valence-electron chi connectivity index (χ4n) is 5.85. The first-order valence-corrected chi connectivity index (χ1v) is 14.9. The molecule has 1 saturated heterocycles. The number of likely N-dealkylation sites (N-methyl/N-ethyl adjacent to an activating group) is 1. The van der Waals surface area contributed by atoms with Gasteiger partial charge < -0.3 is 20.4 Å². The highest BCUT2D eigenvalue weighted by molar-refractivity contribution is 6.07. The predicted octanol–water partition coefficient (Wildman–Crippen LogP) is 4.16. The second kappa shape index (κ2) is 12.5. The Morgan fingerprint density at radius 2 is 1.93 bits per heavy atom. The summed E-state index contributed by atoms with van der Waals surface area (Å²) in [6.45, 7) is 13.7. The summed E-state index contributed by atoms with van der Waals surface area (Å²) in [5, 5.41) is 11.2. The first kappa shape index (κ1) is 29.0. The largest absolute Gasteiger partial charge is 0.349 e. The van der Waals surface area contributed by atoms with Crippen molar-refractivity contribution in [1.29, 1.82) is 0 Å². The van der Waals surface area contributed by atoms with Crippen LogP contribution in [0.5, 0.6) is 0 Å². The van der Waals surface area contributed by atoms with E-state index < -0.39 is 0 Å². The first-order chi connectivity index (χ1) is 19.7. The van der Waals surface area contributed by atoms with Crippen molar-refractivity contribution in [2.75, 3.05) is 39.8 Å². The molecule has 1 aromatic carbocycles. The van der Waals surface area contributed by atoms with E-state index in [4.69, 9.17) is 4.98 Å². The zero-order chi connectivity index (χ0) is 29.1. The van der Waals surface area contributed by atoms with Gasteiger partial charge in [0.15, 0.2) is 5.65 Å². The molecular formula is C32H43N7O2. The van der Waals surface area contributed by atoms with Crippen molar-refractivity contribution in [3.63, 3.8) is 0 Å². The number of amides is 2. The molecule has 4 heterocycles. The number of fused-ring (bicyclic) bond motifs is 1. The van der Waals surface area contributed by atoms with Crippen molar-refractivity contribution in [1.82, 2.24) is 35.2 Å². The second-order valence-electron chi connectivity index (χ2n) is 12.0. The summed E-state index contributed by atoms with van der Waals surface area (Å²) >= 11 is 0. The fraction of sp³-hybridized carbons (Fsp3) is 0.500. The summed E-state index contributed by atoms with van der Waals surface area (Å²) in [7, 11) is 2.17. The van der Waals surface area contributed by atoms with E-state index in [2.05, 4.69) is 56.8 Å². The summed E-state index contributed by atoms with van der Waals surface area (Å²) in [5.74, 6) is -0.360. The third-order valence-electron chi connectivity index (χ3n) is 8.20. The summed E-state index contributed by atoms with van der Waals surface area (Å²) < 4.78 is 1.85. The van der Waals surface area contributed by atoms with Gasteiger partial charge in [-0.05, 0) is 78.7 Å². The second-order valence-corrected chi connectivity index (χ2v) is 12.0. The van der Waals surface area contributed by atoms with E-state index in [1.165, 1.54) is 31.5 Å². The Morgan fingerprint density at radius 1 is 1.20 bits per heavy atom. The van der Waals surface area contributed by atoms with E-state index in [0.717, 1.165) is 42.9 Å². The number of carbonyl (C=O) groups excluding carboxylic acids is 2. The van der Waals surface area contributed by atoms with Crippen LogP contribution in [0.25, 0.3) is 22.3 Å². The van der Waals surface area contributed by atoms with Crippen molar-refractivity contribution in [2.24, 2.45) is 0 Å². The Balaban J connectivity index is 1.36. The van der Waals surface area contributed by atoms with E-state index in [0.29, 0.717) is 22.2 Å². The molecule has 2 aliphatic heterocycles. The van der Waals surface area contributed by atoms with Gasteiger partial charge >= 0.3 is 0 Å². The van der Waals surface area contributed by atoms with Crippen molar-refractivity contribution < 1.29 is 9.59 Å². The Hall–Kier alpha value is -3.56. The van der Waals surface area contributed by atoms with Gasteiger partial charge in [-0.15, -0.1) is 0 Å². The van der Waals surface area contributed by atoms with Gasteiger partial charge in [-0.3, -0.25) is 9.59 Å². The topological polar surface area (TPSA) is 95.4 Å². The van der Waals surface area contributed by atoms with E-state index in [1.54, 1.807) is 6.20 Å². The number of carbonyl (C=O) groups is 2. The minimum Gasteiger partial charge on any atom is -0.349 e. The number of nitrogens with one attached hydrogen (secondary N) is 2. The number of rotatable bonds is 10. The molecule has 0 spiro atoms. The SMILES string of the molecule is CC1=C(CNC(=O)c2cc(-c3ccc(CN(C)CCN4CCCC4)cc3)nc3c2cnn3C(C)C)C(=O)NC(C)C1. The van der Waals surface area contributed by atoms with Crippen molar-refractivity contribution in [2.45, 2.75) is 65.6 Å². The molecule has 0 saturated carbocycles. The van der Waals surface area contributed by atoms with Crippen LogP contribution in [0.1, 0.15) is 68.9 Å². The lowest BCUT2D eigenvalue weighted by molar-refractivity contribution is -0.118. The van der Waals surface area contributed by atoms with Crippen molar-refractivity contribution in [3.8, 4) is 11.3 Å². The van der Waals surface area contributed by atoms with Gasteiger partial charge in [-0.25, -0.2) is 9.67 Å². The molecule has 2 N–H and O–H groups in total. The highest BCUT2D eigenvalue weighted by Gasteiger charge is 2.24. The molecule has 9 heteroatoms. The summed E-state index contributed by atoms with van der Waals surface area (Å²) in [6, 6.07) is 10.5. The Kier molecular flexibility index (Phi) is 8.85. The average Bonchev–Trinajstić information content (AvgIpc) is 3.61. The molecule has 9 nitrogen and oxygen atoms in total. The molecule has 1 fully saturated rings. The van der Waals surface area contributed by atoms with E-state index in [9.17, 15) is 9.59 Å². The molecule has 2 aliphatic rings. The highest BCUT2D eigenvalue weighted by atomic mass is 16.2. The van der Waals surface area contributed by atoms with Crippen LogP contribution in [0, 0.1) is 0 Å². The standard InChI is InChI=1S/C32H43N7O2/c1-21(2)39-30-28(19-34-39)26(31(40)33-18-27-22(3)16-23(4)35-32(27)41)17-29(36-30)25-10-8-24(9-11-25)20-37(5)14-15-38-12-6-7-13-38/h8-11,17,19,21,23H,6-7,12-16,18,20H2,1-5H3,(H,33,40)(H,35,41). The van der Waals surface area contributed by atoms with Crippen molar-refractivity contribution >= 4 is 22.8 Å². The van der Waals surface area contributed by atoms with Crippen LogP contribution >= 0.6 is 0 Å². The zero-order valence-electron chi connectivity index (χ0n) is 25.0. The van der Waals surface area contributed by atoms with Crippen LogP contribution in [-0.2, 0) is 11.3 Å². The molecule has 3 aromatic rings. The monoisotopic (exact) mass is 557 g/mol. The van der Waals surface area contributed by atoms with Gasteiger partial charge in [0.2, 0.25) is 5.91 Å². The van der Waals surface area contributed by atoms with Gasteiger partial charge in [0.1, 0.15) is 0 Å². The van der Waals surface area contributed by atoms with Crippen molar-refractivity contribution in [3.05, 3.63) is 58.8 Å². The third kappa shape index (κ3) is 6.68. The summed E-state index contributed by atoms with van der Waals surface area (Å²) in [6.07, 6.45) is 5.13. The van der Waals surface area contributed by atoms with Gasteiger partial charge in [-0.1, -0.05) is 29.8 Å². The number of pyridine rings is 1. The Morgan fingerprint density at radius 3 is 2.61 bits per heavy atom. The smallest absolute Gasteiger partial charge is 0.252 e. The number of hydrogen-bond acceptors (Lipinski definition) is 6. The number of benzene rings is 1. The molecular weight excluding hydrogens is 514 g/mol. The van der Waals surface area contributed by atoms with Crippen LogP contribution in [0.15, 0.2) is 47.7 Å². The van der Waals surface area contributed by atoms with Crippen LogP contribution < -0.4 is 10.6 Å². The number of aromatic nitrogens is 3. The minimum atomic E-state index is -0.245. The molecule has 0 radical (unpaired) electrons. The molecule has 1 atom stereocenters. The zero-order valence-corrected chi connectivity index (χ0v) is 25.0. The van der Waals surface area contributed by atoms with Crippen LogP contribution in [0.3, 0.4) is 0 Å². The normalized spacial score (nSPS) is 18.1. The third-order valence-corrected chi connectivity index (χ3v) is 8.20. The van der Waals surface area contributed by atoms with E-state index in [-0.39, 0.29) is 30.4 Å². The lowest BCUT2D eigenvalue weighted by Crippen LogP contribution is -2.41. The maximum Gasteiger partial charge on any atom is 0.252 e. The molecule has 41 heavy (non-hydrogen) atoms. The maximum atomic E-state index is 13.5. The van der Waals surface area contributed by atoms with Crippen LogP contribution in [0.4, 0.5) is 0 Å². The molecule has 0 aliphatic carbocycles. The first-order valence-electron chi connectivity index (χ1n) is 14.9. The Bertz CT molecular complexity index is 1430. The molecule has 0 bridgehead atoms. The highest BCUT2D eigenvalue weighted by Crippen LogP contribution is 2.27. The summed E-state index contributed by atoms with van der Waals surface area (Å²) in [4.78, 5) is 35.9. The van der Waals surface area contributed by atoms with Crippen LogP contribution in [-0.4, -0.2) is 82.2 Å². The molecule has 2 amide bonds. The fourth-order valence-corrected chi connectivity index (χ4v) is 5.85. The van der Waals surface area contributed by atoms with Gasteiger partial charge in [0, 0.05) is 49.4 Å². The average molecular weight is 558 g/mol. The van der Waals surface area contributed by atoms with Crippen LogP contribution in [0.2, 0.25) is 0 Å². The van der Waals surface area contributed by atoms with E-state index >= 15 is 0 Å². The predicted molar refractivity (Wildman–Crippen MR) is 163 cm³/mol.